The van der Waals surface area contributed by atoms with Crippen LogP contribution in [0.2, 0.25) is 0 Å². The Kier molecular flexibility index (Phi) is 5.57. The summed E-state index contributed by atoms with van der Waals surface area (Å²) in [6.07, 6.45) is 0. The Morgan fingerprint density at radius 2 is 0.474 bits per heavy atom. The zero-order chi connectivity index (χ0) is 25.3. The summed E-state index contributed by atoms with van der Waals surface area (Å²) in [5.74, 6) is 0. The molecule has 0 spiro atoms. The lowest BCUT2D eigenvalue weighted by atomic mass is 9.95. The van der Waals surface area contributed by atoms with Crippen molar-refractivity contribution in [2.24, 2.45) is 0 Å². The molecule has 0 aliphatic rings. The van der Waals surface area contributed by atoms with Crippen LogP contribution in [-0.4, -0.2) is 0 Å². The number of benzene rings is 7. The van der Waals surface area contributed by atoms with Gasteiger partial charge in [-0.3, -0.25) is 0 Å². The maximum atomic E-state index is 2.29. The highest BCUT2D eigenvalue weighted by atomic mass is 14.1. The lowest BCUT2D eigenvalue weighted by Gasteiger charge is -2.09. The zero-order valence-electron chi connectivity index (χ0n) is 21.0. The molecule has 0 amide bonds. The standard InChI is InChI=1S/C38H26/c1-2-6-27(7-3-1)34-20-22-38-26-36(21-23-37(38)25-34)32-16-12-30(13-17-32)29-10-14-31(15-11-29)35-19-18-28-8-4-5-9-33(28)24-35/h1-26H. The summed E-state index contributed by atoms with van der Waals surface area (Å²) in [4.78, 5) is 0. The van der Waals surface area contributed by atoms with Crippen LogP contribution in [0.5, 0.6) is 0 Å². The van der Waals surface area contributed by atoms with E-state index in [0.717, 1.165) is 0 Å². The first-order chi connectivity index (χ1) is 18.8. The van der Waals surface area contributed by atoms with Gasteiger partial charge >= 0.3 is 0 Å². The van der Waals surface area contributed by atoms with E-state index in [4.69, 9.17) is 0 Å². The maximum absolute atomic E-state index is 2.29. The van der Waals surface area contributed by atoms with Crippen molar-refractivity contribution in [1.82, 2.24) is 0 Å². The summed E-state index contributed by atoms with van der Waals surface area (Å²) in [5, 5.41) is 5.07. The first-order valence-electron chi connectivity index (χ1n) is 13.1. The molecule has 0 radical (unpaired) electrons. The van der Waals surface area contributed by atoms with Crippen LogP contribution < -0.4 is 0 Å². The van der Waals surface area contributed by atoms with Crippen LogP contribution in [0.3, 0.4) is 0 Å². The molecular weight excluding hydrogens is 456 g/mol. The van der Waals surface area contributed by atoms with Gasteiger partial charge < -0.3 is 0 Å². The maximum Gasteiger partial charge on any atom is -0.0177 e. The van der Waals surface area contributed by atoms with Gasteiger partial charge in [0.25, 0.3) is 0 Å². The van der Waals surface area contributed by atoms with E-state index >= 15 is 0 Å². The monoisotopic (exact) mass is 482 g/mol. The molecule has 0 unspecified atom stereocenters. The van der Waals surface area contributed by atoms with E-state index in [1.807, 2.05) is 0 Å². The summed E-state index contributed by atoms with van der Waals surface area (Å²) in [6, 6.07) is 57.0. The fraction of sp³-hybridized carbons (Fsp3) is 0. The molecule has 38 heavy (non-hydrogen) atoms. The Bertz CT molecular complexity index is 1880. The number of fused-ring (bicyclic) bond motifs is 2. The number of hydrogen-bond donors (Lipinski definition) is 0. The van der Waals surface area contributed by atoms with E-state index in [0.29, 0.717) is 0 Å². The van der Waals surface area contributed by atoms with Crippen LogP contribution in [0, 0.1) is 0 Å². The molecule has 7 aromatic carbocycles. The predicted octanol–water partition coefficient (Wildman–Crippen LogP) is 10.7. The summed E-state index contributed by atoms with van der Waals surface area (Å²) in [7, 11) is 0. The van der Waals surface area contributed by atoms with E-state index in [1.54, 1.807) is 0 Å². The van der Waals surface area contributed by atoms with Gasteiger partial charge in [-0.05, 0) is 84.3 Å². The molecule has 0 bridgehead atoms. The topological polar surface area (TPSA) is 0 Å². The van der Waals surface area contributed by atoms with Crippen molar-refractivity contribution in [1.29, 1.82) is 0 Å². The van der Waals surface area contributed by atoms with Crippen LogP contribution in [0.4, 0.5) is 0 Å². The van der Waals surface area contributed by atoms with Gasteiger partial charge in [0.05, 0.1) is 0 Å². The predicted molar refractivity (Wildman–Crippen MR) is 163 cm³/mol. The van der Waals surface area contributed by atoms with Crippen LogP contribution in [0.15, 0.2) is 158 Å². The van der Waals surface area contributed by atoms with Gasteiger partial charge in [0, 0.05) is 0 Å². The fourth-order valence-electron chi connectivity index (χ4n) is 5.31. The first-order valence-corrected chi connectivity index (χ1v) is 13.1. The molecule has 0 atom stereocenters. The number of rotatable bonds is 4. The Morgan fingerprint density at radius 1 is 0.184 bits per heavy atom. The molecule has 0 heteroatoms. The second-order valence-electron chi connectivity index (χ2n) is 9.86. The Morgan fingerprint density at radius 3 is 0.947 bits per heavy atom. The van der Waals surface area contributed by atoms with E-state index in [2.05, 4.69) is 158 Å². The van der Waals surface area contributed by atoms with Crippen LogP contribution >= 0.6 is 0 Å². The molecular formula is C38H26. The van der Waals surface area contributed by atoms with Gasteiger partial charge in [-0.15, -0.1) is 0 Å². The fourth-order valence-corrected chi connectivity index (χ4v) is 5.31. The van der Waals surface area contributed by atoms with Crippen molar-refractivity contribution < 1.29 is 0 Å². The Labute approximate surface area is 223 Å². The lowest BCUT2D eigenvalue weighted by Crippen LogP contribution is -1.83. The van der Waals surface area contributed by atoms with Crippen molar-refractivity contribution in [2.75, 3.05) is 0 Å². The van der Waals surface area contributed by atoms with Crippen molar-refractivity contribution >= 4 is 21.5 Å². The summed E-state index contributed by atoms with van der Waals surface area (Å²) < 4.78 is 0. The van der Waals surface area contributed by atoms with Crippen molar-refractivity contribution in [3.8, 4) is 44.5 Å². The van der Waals surface area contributed by atoms with E-state index in [9.17, 15) is 0 Å². The Hall–Kier alpha value is -4.94. The number of hydrogen-bond acceptors (Lipinski definition) is 0. The largest absolute Gasteiger partial charge is 0.0622 e. The van der Waals surface area contributed by atoms with Gasteiger partial charge in [0.2, 0.25) is 0 Å². The van der Waals surface area contributed by atoms with E-state index < -0.39 is 0 Å². The van der Waals surface area contributed by atoms with Crippen molar-refractivity contribution in [3.63, 3.8) is 0 Å². The minimum atomic E-state index is 1.23. The molecule has 0 saturated carbocycles. The molecule has 0 nitrogen and oxygen atoms in total. The summed E-state index contributed by atoms with van der Waals surface area (Å²) in [5.41, 5.74) is 9.92. The van der Waals surface area contributed by atoms with Crippen LogP contribution in [0.1, 0.15) is 0 Å². The molecule has 7 aromatic rings. The second-order valence-corrected chi connectivity index (χ2v) is 9.86. The summed E-state index contributed by atoms with van der Waals surface area (Å²) >= 11 is 0. The smallest absolute Gasteiger partial charge is 0.0177 e. The molecule has 0 fully saturated rings. The van der Waals surface area contributed by atoms with Gasteiger partial charge in [0.15, 0.2) is 0 Å². The Balaban J connectivity index is 1.13. The average Bonchev–Trinajstić information content (AvgIpc) is 3.01. The minimum absolute atomic E-state index is 1.23. The third-order valence-corrected chi connectivity index (χ3v) is 7.47. The van der Waals surface area contributed by atoms with Crippen molar-refractivity contribution in [3.05, 3.63) is 158 Å². The zero-order valence-corrected chi connectivity index (χ0v) is 21.0. The highest BCUT2D eigenvalue weighted by molar-refractivity contribution is 5.91. The van der Waals surface area contributed by atoms with E-state index in [1.165, 1.54) is 66.1 Å². The lowest BCUT2D eigenvalue weighted by molar-refractivity contribution is 1.59. The molecule has 0 saturated heterocycles. The van der Waals surface area contributed by atoms with Gasteiger partial charge in [0.1, 0.15) is 0 Å². The molecule has 178 valence electrons. The molecule has 7 rings (SSSR count). The molecule has 0 aromatic heterocycles. The molecule has 0 aliphatic heterocycles. The van der Waals surface area contributed by atoms with Crippen LogP contribution in [-0.2, 0) is 0 Å². The minimum Gasteiger partial charge on any atom is -0.0622 e. The average molecular weight is 483 g/mol. The normalized spacial score (nSPS) is 11.2. The first kappa shape index (κ1) is 22.3. The molecule has 0 aliphatic carbocycles. The highest BCUT2D eigenvalue weighted by Gasteiger charge is 2.05. The van der Waals surface area contributed by atoms with Gasteiger partial charge in [-0.1, -0.05) is 140 Å². The third kappa shape index (κ3) is 4.27. The molecule has 0 heterocycles. The van der Waals surface area contributed by atoms with E-state index in [-0.39, 0.29) is 0 Å². The highest BCUT2D eigenvalue weighted by Crippen LogP contribution is 2.31. The second kappa shape index (κ2) is 9.50. The third-order valence-electron chi connectivity index (χ3n) is 7.47. The summed E-state index contributed by atoms with van der Waals surface area (Å²) in [6.45, 7) is 0. The SMILES string of the molecule is c1ccc(-c2ccc3cc(-c4ccc(-c5ccc(-c6ccc7ccccc7c6)cc5)cc4)ccc3c2)cc1. The van der Waals surface area contributed by atoms with Crippen molar-refractivity contribution in [2.45, 2.75) is 0 Å². The van der Waals surface area contributed by atoms with Gasteiger partial charge in [-0.25, -0.2) is 0 Å². The van der Waals surface area contributed by atoms with Gasteiger partial charge in [-0.2, -0.15) is 0 Å². The quantitative estimate of drug-likeness (QED) is 0.234. The van der Waals surface area contributed by atoms with Crippen LogP contribution in [0.25, 0.3) is 66.1 Å². The molecule has 0 N–H and O–H groups in total.